The standard InChI is InChI=1S/C26H29ClN6O3/c1-17-5-4-13-32(15-17)14-12-29-26(36)23-22(24(28)34)30-16-33(23)19-10-8-18(9-11-19)31-25(35)20-6-2-3-7-21(20)27/h2-3,6-11,16-17H,4-5,12-15H2,1H3,(H2,28,34)(H,29,36)(H,31,35). The molecule has 9 nitrogen and oxygen atoms in total. The highest BCUT2D eigenvalue weighted by Crippen LogP contribution is 2.20. The molecule has 0 saturated carbocycles. The highest BCUT2D eigenvalue weighted by molar-refractivity contribution is 6.34. The topological polar surface area (TPSA) is 122 Å². The maximum atomic E-state index is 13.1. The zero-order chi connectivity index (χ0) is 25.7. The van der Waals surface area contributed by atoms with E-state index in [9.17, 15) is 14.4 Å². The van der Waals surface area contributed by atoms with E-state index in [1.165, 1.54) is 17.3 Å². The van der Waals surface area contributed by atoms with Crippen LogP contribution >= 0.6 is 11.6 Å². The third kappa shape index (κ3) is 5.92. The summed E-state index contributed by atoms with van der Waals surface area (Å²) in [5.74, 6) is -0.903. The summed E-state index contributed by atoms with van der Waals surface area (Å²) < 4.78 is 1.51. The van der Waals surface area contributed by atoms with Crippen molar-refractivity contribution >= 4 is 35.0 Å². The number of benzene rings is 2. The fraction of sp³-hybridized carbons (Fsp3) is 0.308. The molecule has 1 aliphatic rings. The summed E-state index contributed by atoms with van der Waals surface area (Å²) in [7, 11) is 0. The van der Waals surface area contributed by atoms with E-state index in [4.69, 9.17) is 17.3 Å². The van der Waals surface area contributed by atoms with Crippen molar-refractivity contribution < 1.29 is 14.4 Å². The second-order valence-corrected chi connectivity index (χ2v) is 9.37. The van der Waals surface area contributed by atoms with Gasteiger partial charge in [0.1, 0.15) is 12.0 Å². The van der Waals surface area contributed by atoms with Crippen molar-refractivity contribution in [3.05, 3.63) is 76.8 Å². The molecule has 2 aromatic carbocycles. The number of nitrogens with one attached hydrogen (secondary N) is 2. The lowest BCUT2D eigenvalue weighted by Gasteiger charge is -2.30. The van der Waals surface area contributed by atoms with Crippen LogP contribution in [0.15, 0.2) is 54.9 Å². The lowest BCUT2D eigenvalue weighted by atomic mass is 10.0. The molecule has 1 fully saturated rings. The van der Waals surface area contributed by atoms with Crippen molar-refractivity contribution in [2.75, 3.05) is 31.5 Å². The van der Waals surface area contributed by atoms with E-state index < -0.39 is 11.8 Å². The zero-order valence-corrected chi connectivity index (χ0v) is 20.8. The van der Waals surface area contributed by atoms with Crippen LogP contribution < -0.4 is 16.4 Å². The molecule has 0 aliphatic carbocycles. The second-order valence-electron chi connectivity index (χ2n) is 8.96. The van der Waals surface area contributed by atoms with Gasteiger partial charge in [0.2, 0.25) is 0 Å². The van der Waals surface area contributed by atoms with Gasteiger partial charge in [-0.25, -0.2) is 4.98 Å². The Morgan fingerprint density at radius 3 is 2.56 bits per heavy atom. The number of piperidine rings is 1. The van der Waals surface area contributed by atoms with Crippen LogP contribution in [0, 0.1) is 5.92 Å². The first-order valence-corrected chi connectivity index (χ1v) is 12.3. The molecule has 4 N–H and O–H groups in total. The average molecular weight is 509 g/mol. The molecular weight excluding hydrogens is 480 g/mol. The van der Waals surface area contributed by atoms with Crippen molar-refractivity contribution in [2.24, 2.45) is 11.7 Å². The Morgan fingerprint density at radius 1 is 1.11 bits per heavy atom. The molecule has 1 saturated heterocycles. The van der Waals surface area contributed by atoms with E-state index in [0.29, 0.717) is 34.4 Å². The van der Waals surface area contributed by atoms with E-state index in [0.717, 1.165) is 26.1 Å². The first-order valence-electron chi connectivity index (χ1n) is 11.9. The lowest BCUT2D eigenvalue weighted by molar-refractivity contribution is 0.0920. The van der Waals surface area contributed by atoms with Gasteiger partial charge in [-0.2, -0.15) is 0 Å². The number of primary amides is 1. The number of hydrogen-bond donors (Lipinski definition) is 3. The molecule has 1 aromatic heterocycles. The number of nitrogens with two attached hydrogens (primary N) is 1. The highest BCUT2D eigenvalue weighted by atomic mass is 35.5. The van der Waals surface area contributed by atoms with Crippen LogP contribution in [0.3, 0.4) is 0 Å². The minimum atomic E-state index is -0.785. The highest BCUT2D eigenvalue weighted by Gasteiger charge is 2.24. The first kappa shape index (κ1) is 25.4. The van der Waals surface area contributed by atoms with Gasteiger partial charge < -0.3 is 21.3 Å². The van der Waals surface area contributed by atoms with Gasteiger partial charge in [-0.1, -0.05) is 30.7 Å². The largest absolute Gasteiger partial charge is 0.364 e. The third-order valence-corrected chi connectivity index (χ3v) is 6.52. The number of rotatable bonds is 8. The van der Waals surface area contributed by atoms with Gasteiger partial charge >= 0.3 is 0 Å². The van der Waals surface area contributed by atoms with Gasteiger partial charge in [-0.15, -0.1) is 0 Å². The Hall–Kier alpha value is -3.69. The molecule has 4 rings (SSSR count). The van der Waals surface area contributed by atoms with Gasteiger partial charge in [-0.3, -0.25) is 19.0 Å². The van der Waals surface area contributed by atoms with Gasteiger partial charge in [0, 0.05) is 31.0 Å². The molecule has 3 amide bonds. The number of anilines is 1. The summed E-state index contributed by atoms with van der Waals surface area (Å²) in [6, 6.07) is 13.6. The maximum Gasteiger partial charge on any atom is 0.270 e. The van der Waals surface area contributed by atoms with E-state index in [2.05, 4.69) is 27.4 Å². The molecule has 10 heteroatoms. The molecular formula is C26H29ClN6O3. The summed E-state index contributed by atoms with van der Waals surface area (Å²) in [6.07, 6.45) is 3.77. The Kier molecular flexibility index (Phi) is 8.02. The Labute approximate surface area is 214 Å². The molecule has 2 heterocycles. The van der Waals surface area contributed by atoms with E-state index in [-0.39, 0.29) is 17.3 Å². The SMILES string of the molecule is CC1CCCN(CCNC(=O)c2c(C(N)=O)ncn2-c2ccc(NC(=O)c3ccccc3Cl)cc2)C1. The number of imidazole rings is 1. The van der Waals surface area contributed by atoms with E-state index >= 15 is 0 Å². The summed E-state index contributed by atoms with van der Waals surface area (Å²) >= 11 is 6.10. The minimum Gasteiger partial charge on any atom is -0.364 e. The average Bonchev–Trinajstić information content (AvgIpc) is 3.30. The summed E-state index contributed by atoms with van der Waals surface area (Å²) in [4.78, 5) is 44.0. The van der Waals surface area contributed by atoms with Crippen molar-refractivity contribution in [1.82, 2.24) is 19.8 Å². The number of likely N-dealkylation sites (tertiary alicyclic amines) is 1. The smallest absolute Gasteiger partial charge is 0.270 e. The second kappa shape index (κ2) is 11.4. The van der Waals surface area contributed by atoms with E-state index in [1.807, 2.05) is 0 Å². The van der Waals surface area contributed by atoms with Gasteiger partial charge in [0.05, 0.1) is 10.6 Å². The Bertz CT molecular complexity index is 1260. The predicted molar refractivity (Wildman–Crippen MR) is 139 cm³/mol. The first-order chi connectivity index (χ1) is 17.3. The number of hydrogen-bond acceptors (Lipinski definition) is 5. The van der Waals surface area contributed by atoms with Crippen LogP contribution in [-0.2, 0) is 0 Å². The Balaban J connectivity index is 1.47. The summed E-state index contributed by atoms with van der Waals surface area (Å²) in [6.45, 7) is 5.44. The fourth-order valence-corrected chi connectivity index (χ4v) is 4.61. The van der Waals surface area contributed by atoms with Crippen LogP contribution in [-0.4, -0.2) is 58.4 Å². The Morgan fingerprint density at radius 2 is 1.86 bits per heavy atom. The van der Waals surface area contributed by atoms with Crippen LogP contribution in [0.25, 0.3) is 5.69 Å². The maximum absolute atomic E-state index is 13.1. The molecule has 1 atom stereocenters. The number of nitrogens with zero attached hydrogens (tertiary/aromatic N) is 3. The monoisotopic (exact) mass is 508 g/mol. The normalized spacial score (nSPS) is 15.9. The molecule has 0 bridgehead atoms. The molecule has 0 spiro atoms. The van der Waals surface area contributed by atoms with Gasteiger partial charge in [-0.05, 0) is 61.7 Å². The molecule has 0 radical (unpaired) electrons. The molecule has 188 valence electrons. The van der Waals surface area contributed by atoms with Crippen LogP contribution in [0.4, 0.5) is 5.69 Å². The molecule has 36 heavy (non-hydrogen) atoms. The van der Waals surface area contributed by atoms with Gasteiger partial charge in [0.25, 0.3) is 17.7 Å². The van der Waals surface area contributed by atoms with Crippen LogP contribution in [0.2, 0.25) is 5.02 Å². The summed E-state index contributed by atoms with van der Waals surface area (Å²) in [5.41, 5.74) is 6.95. The van der Waals surface area contributed by atoms with Crippen LogP contribution in [0.1, 0.15) is 51.1 Å². The molecule has 3 aromatic rings. The van der Waals surface area contributed by atoms with Crippen LogP contribution in [0.5, 0.6) is 0 Å². The molecule has 1 aliphatic heterocycles. The number of halogens is 1. The van der Waals surface area contributed by atoms with Crippen molar-refractivity contribution in [1.29, 1.82) is 0 Å². The van der Waals surface area contributed by atoms with Crippen molar-refractivity contribution in [3.63, 3.8) is 0 Å². The van der Waals surface area contributed by atoms with E-state index in [1.54, 1.807) is 48.5 Å². The summed E-state index contributed by atoms with van der Waals surface area (Å²) in [5, 5.41) is 6.05. The fourth-order valence-electron chi connectivity index (χ4n) is 4.39. The quantitative estimate of drug-likeness (QED) is 0.430. The van der Waals surface area contributed by atoms with Crippen molar-refractivity contribution in [2.45, 2.75) is 19.8 Å². The third-order valence-electron chi connectivity index (χ3n) is 6.19. The van der Waals surface area contributed by atoms with Crippen molar-refractivity contribution in [3.8, 4) is 5.69 Å². The predicted octanol–water partition coefficient (Wildman–Crippen LogP) is 3.34. The number of carbonyl (C=O) groups excluding carboxylic acids is 3. The minimum absolute atomic E-state index is 0.0716. The number of aromatic nitrogens is 2. The lowest BCUT2D eigenvalue weighted by Crippen LogP contribution is -2.40. The zero-order valence-electron chi connectivity index (χ0n) is 20.0. The number of carbonyl (C=O) groups is 3. The van der Waals surface area contributed by atoms with Gasteiger partial charge in [0.15, 0.2) is 5.69 Å². The number of amides is 3. The molecule has 1 unspecified atom stereocenters.